The Hall–Kier alpha value is -6.97. The molecule has 232 valence electrons. The number of benzene rings is 7. The fourth-order valence-corrected chi connectivity index (χ4v) is 12.3. The molecule has 0 aliphatic heterocycles. The minimum atomic E-state index is -2.79. The van der Waals surface area contributed by atoms with E-state index in [9.17, 15) is 10.5 Å². The summed E-state index contributed by atoms with van der Waals surface area (Å²) in [5.74, 6) is 0. The molecular formula is C45H28N4Si. The molecule has 0 atom stereocenters. The first-order valence-corrected chi connectivity index (χ1v) is 18.3. The van der Waals surface area contributed by atoms with Crippen molar-refractivity contribution in [1.29, 1.82) is 10.5 Å². The Morgan fingerprint density at radius 1 is 0.520 bits per heavy atom. The van der Waals surface area contributed by atoms with Crippen LogP contribution in [0.2, 0.25) is 0 Å². The van der Waals surface area contributed by atoms with Gasteiger partial charge in [-0.15, -0.1) is 0 Å². The lowest BCUT2D eigenvalue weighted by molar-refractivity contribution is 1.17. The van der Waals surface area contributed by atoms with Crippen molar-refractivity contribution in [2.45, 2.75) is 0 Å². The Kier molecular flexibility index (Phi) is 7.63. The van der Waals surface area contributed by atoms with E-state index in [2.05, 4.69) is 137 Å². The fourth-order valence-electron chi connectivity index (χ4n) is 7.48. The number of nitrogens with zero attached hydrogens (tertiary/aromatic N) is 4. The minimum absolute atomic E-state index is 0.521. The van der Waals surface area contributed by atoms with Crippen molar-refractivity contribution in [3.8, 4) is 29.0 Å². The van der Waals surface area contributed by atoms with E-state index < -0.39 is 8.07 Å². The van der Waals surface area contributed by atoms with E-state index in [0.29, 0.717) is 16.8 Å². The van der Waals surface area contributed by atoms with E-state index in [0.717, 1.165) is 38.6 Å². The Bertz CT molecular complexity index is 2510. The summed E-state index contributed by atoms with van der Waals surface area (Å²) in [5.41, 5.74) is 5.89. The molecule has 0 N–H and O–H groups in total. The largest absolute Gasteiger partial charge is 0.308 e. The fraction of sp³-hybridized carbons (Fsp3) is 0. The number of hydrogen-bond donors (Lipinski definition) is 0. The van der Waals surface area contributed by atoms with Gasteiger partial charge in [-0.3, -0.25) is 0 Å². The predicted octanol–water partition coefficient (Wildman–Crippen LogP) is 8.12. The van der Waals surface area contributed by atoms with Crippen LogP contribution in [0.1, 0.15) is 11.1 Å². The highest BCUT2D eigenvalue weighted by atomic mass is 28.3. The van der Waals surface area contributed by atoms with Crippen LogP contribution in [-0.4, -0.2) is 12.6 Å². The lowest BCUT2D eigenvalue weighted by Crippen LogP contribution is -2.74. The normalized spacial score (nSPS) is 11.1. The Morgan fingerprint density at radius 2 is 1.08 bits per heavy atom. The zero-order valence-corrected chi connectivity index (χ0v) is 28.0. The lowest BCUT2D eigenvalue weighted by atomic mass is 9.98. The SMILES string of the molecule is [C-]#[N+]c1ccc2c(c1)c1cc(C#N)ccc1n2-c1cccc(-c2cccc([Si](c3ccccc3)(c3ccccc3)c3ccccc3)c2)c1C#N. The molecule has 8 rings (SSSR count). The molecule has 1 aromatic heterocycles. The third kappa shape index (κ3) is 4.80. The maximum Gasteiger partial charge on any atom is 0.188 e. The van der Waals surface area contributed by atoms with Crippen LogP contribution >= 0.6 is 0 Å². The van der Waals surface area contributed by atoms with E-state index in [1.807, 2.05) is 42.5 Å². The first-order chi connectivity index (χ1) is 24.7. The van der Waals surface area contributed by atoms with Crippen LogP contribution in [0.15, 0.2) is 170 Å². The van der Waals surface area contributed by atoms with Gasteiger partial charge in [-0.25, -0.2) is 4.85 Å². The molecule has 8 aromatic rings. The van der Waals surface area contributed by atoms with Crippen molar-refractivity contribution in [2.24, 2.45) is 0 Å². The number of rotatable bonds is 6. The zero-order chi connectivity index (χ0) is 34.1. The summed E-state index contributed by atoms with van der Waals surface area (Å²) in [6.07, 6.45) is 0. The van der Waals surface area contributed by atoms with Crippen LogP contribution in [0.5, 0.6) is 0 Å². The summed E-state index contributed by atoms with van der Waals surface area (Å²) in [7, 11) is -2.79. The summed E-state index contributed by atoms with van der Waals surface area (Å²) in [6.45, 7) is 7.62. The molecule has 0 saturated carbocycles. The van der Waals surface area contributed by atoms with E-state index in [4.69, 9.17) is 6.57 Å². The number of aromatic nitrogens is 1. The van der Waals surface area contributed by atoms with Gasteiger partial charge in [-0.1, -0.05) is 133 Å². The molecular weight excluding hydrogens is 625 g/mol. The molecule has 0 saturated heterocycles. The summed E-state index contributed by atoms with van der Waals surface area (Å²) in [5, 5.41) is 27.4. The highest BCUT2D eigenvalue weighted by Gasteiger charge is 2.41. The Balaban J connectivity index is 1.39. The van der Waals surface area contributed by atoms with Crippen molar-refractivity contribution in [3.63, 3.8) is 0 Å². The van der Waals surface area contributed by atoms with Gasteiger partial charge in [0, 0.05) is 10.9 Å². The van der Waals surface area contributed by atoms with E-state index >= 15 is 0 Å². The molecule has 4 nitrogen and oxygen atoms in total. The van der Waals surface area contributed by atoms with Gasteiger partial charge < -0.3 is 4.57 Å². The molecule has 0 bridgehead atoms. The summed E-state index contributed by atoms with van der Waals surface area (Å²) >= 11 is 0. The first-order valence-electron chi connectivity index (χ1n) is 16.3. The molecule has 0 aliphatic rings. The minimum Gasteiger partial charge on any atom is -0.308 e. The molecule has 5 heteroatoms. The Labute approximate surface area is 291 Å². The first kappa shape index (κ1) is 30.4. The highest BCUT2D eigenvalue weighted by molar-refractivity contribution is 7.19. The molecule has 0 unspecified atom stereocenters. The van der Waals surface area contributed by atoms with Crippen LogP contribution in [-0.2, 0) is 0 Å². The molecule has 0 fully saturated rings. The highest BCUT2D eigenvalue weighted by Crippen LogP contribution is 2.37. The topological polar surface area (TPSA) is 56.9 Å². The van der Waals surface area contributed by atoms with Crippen molar-refractivity contribution in [1.82, 2.24) is 4.57 Å². The second-order valence-electron chi connectivity index (χ2n) is 12.2. The quantitative estimate of drug-likeness (QED) is 0.104. The molecule has 0 amide bonds. The number of hydrogen-bond acceptors (Lipinski definition) is 2. The van der Waals surface area contributed by atoms with Gasteiger partial charge in [0.2, 0.25) is 0 Å². The van der Waals surface area contributed by atoms with E-state index in [-0.39, 0.29) is 0 Å². The predicted molar refractivity (Wildman–Crippen MR) is 206 cm³/mol. The van der Waals surface area contributed by atoms with Crippen molar-refractivity contribution < 1.29 is 0 Å². The van der Waals surface area contributed by atoms with Crippen molar-refractivity contribution >= 4 is 56.3 Å². The van der Waals surface area contributed by atoms with Gasteiger partial charge >= 0.3 is 0 Å². The summed E-state index contributed by atoms with van der Waals surface area (Å²) < 4.78 is 2.09. The maximum atomic E-state index is 10.9. The van der Waals surface area contributed by atoms with Crippen LogP contribution in [0.4, 0.5) is 5.69 Å². The van der Waals surface area contributed by atoms with Crippen LogP contribution in [0, 0.1) is 29.2 Å². The molecule has 50 heavy (non-hydrogen) atoms. The van der Waals surface area contributed by atoms with Crippen molar-refractivity contribution in [3.05, 3.63) is 192 Å². The third-order valence-electron chi connectivity index (χ3n) is 9.63. The second kappa shape index (κ2) is 12.6. The maximum absolute atomic E-state index is 10.9. The van der Waals surface area contributed by atoms with Crippen LogP contribution in [0.3, 0.4) is 0 Å². The average Bonchev–Trinajstić information content (AvgIpc) is 3.52. The standard InChI is InChI=1S/C45H28N4Si/c1-48-34-24-26-45-41(29-34)40-27-32(30-46)23-25-44(40)49(45)43-22-12-21-39(42(43)31-47)33-13-11-20-38(28-33)50(35-14-5-2-6-15-35,36-16-7-3-8-17-36)37-18-9-4-10-19-37/h2-29H. The van der Waals surface area contributed by atoms with Crippen molar-refractivity contribution in [2.75, 3.05) is 0 Å². The lowest BCUT2D eigenvalue weighted by Gasteiger charge is -2.34. The van der Waals surface area contributed by atoms with E-state index in [1.165, 1.54) is 20.7 Å². The smallest absolute Gasteiger partial charge is 0.188 e. The van der Waals surface area contributed by atoms with Crippen LogP contribution < -0.4 is 20.7 Å². The van der Waals surface area contributed by atoms with Gasteiger partial charge in [0.1, 0.15) is 6.07 Å². The number of fused-ring (bicyclic) bond motifs is 3. The molecule has 0 spiro atoms. The van der Waals surface area contributed by atoms with Gasteiger partial charge in [-0.05, 0) is 68.1 Å². The number of nitriles is 2. The van der Waals surface area contributed by atoms with E-state index in [1.54, 1.807) is 12.1 Å². The molecule has 0 aliphatic carbocycles. The van der Waals surface area contributed by atoms with Gasteiger partial charge in [-0.2, -0.15) is 10.5 Å². The molecule has 7 aromatic carbocycles. The molecule has 0 radical (unpaired) electrons. The summed E-state index contributed by atoms with van der Waals surface area (Å²) in [4.78, 5) is 3.66. The second-order valence-corrected chi connectivity index (χ2v) is 16.0. The van der Waals surface area contributed by atoms with Gasteiger partial charge in [0.05, 0.1) is 40.5 Å². The molecule has 1 heterocycles. The average molecular weight is 653 g/mol. The monoisotopic (exact) mass is 652 g/mol. The van der Waals surface area contributed by atoms with Gasteiger partial charge in [0.15, 0.2) is 13.8 Å². The van der Waals surface area contributed by atoms with Gasteiger partial charge in [0.25, 0.3) is 0 Å². The third-order valence-corrected chi connectivity index (χ3v) is 14.4. The van der Waals surface area contributed by atoms with Crippen LogP contribution in [0.25, 0.3) is 43.5 Å². The zero-order valence-electron chi connectivity index (χ0n) is 27.0. The summed E-state index contributed by atoms with van der Waals surface area (Å²) in [6, 6.07) is 63.2. The Morgan fingerprint density at radius 3 is 1.66 bits per heavy atom.